The van der Waals surface area contributed by atoms with Crippen LogP contribution < -0.4 is 0 Å². The molecule has 1 aliphatic rings. The molecule has 0 N–H and O–H groups in total. The minimum atomic E-state index is 0. The number of hydrogen-bond acceptors (Lipinski definition) is 0. The van der Waals surface area contributed by atoms with E-state index in [9.17, 15) is 0 Å². The first-order valence-corrected chi connectivity index (χ1v) is 4.10. The summed E-state index contributed by atoms with van der Waals surface area (Å²) in [5.74, 6) is 0.711. The van der Waals surface area contributed by atoms with Gasteiger partial charge in [0.15, 0.2) is 0 Å². The summed E-state index contributed by atoms with van der Waals surface area (Å²) in [6.45, 7) is 4.47. The minimum absolute atomic E-state index is 0. The van der Waals surface area contributed by atoms with Crippen molar-refractivity contribution in [1.29, 1.82) is 0 Å². The quantitative estimate of drug-likeness (QED) is 0.604. The number of rotatable bonds is 1. The van der Waals surface area contributed by atoms with Crippen LogP contribution in [-0.2, 0) is 20.4 Å². The zero-order valence-corrected chi connectivity index (χ0v) is 9.95. The molecule has 0 aromatic heterocycles. The fourth-order valence-corrected chi connectivity index (χ4v) is 1.37. The maximum atomic E-state index is 2.32. The van der Waals surface area contributed by atoms with Crippen LogP contribution >= 0.6 is 24.8 Å². The molecular weight excluding hydrogens is 215 g/mol. The van der Waals surface area contributed by atoms with Gasteiger partial charge in [-0.15, -0.1) is 24.8 Å². The second kappa shape index (κ2) is 6.31. The van der Waals surface area contributed by atoms with Crippen molar-refractivity contribution in [2.75, 3.05) is 0 Å². The van der Waals surface area contributed by atoms with Crippen molar-refractivity contribution in [3.63, 3.8) is 0 Å². The van der Waals surface area contributed by atoms with E-state index in [-0.39, 0.29) is 24.8 Å². The molecule has 1 aliphatic carbocycles. The molecule has 0 saturated carbocycles. The molecule has 0 nitrogen and oxygen atoms in total. The van der Waals surface area contributed by atoms with Crippen molar-refractivity contribution in [2.24, 2.45) is 5.92 Å². The fraction of sp³-hybridized carbons (Fsp3) is 0.500. The average Bonchev–Trinajstić information content (AvgIpc) is 2.14. The molecule has 3 heteroatoms. The van der Waals surface area contributed by atoms with E-state index < -0.39 is 0 Å². The van der Waals surface area contributed by atoms with Gasteiger partial charge >= 0.3 is 68.2 Å². The van der Waals surface area contributed by atoms with Crippen LogP contribution in [0.15, 0.2) is 21.6 Å². The summed E-state index contributed by atoms with van der Waals surface area (Å²) >= 11 is 2.19. The van der Waals surface area contributed by atoms with E-state index >= 15 is 0 Å². The summed E-state index contributed by atoms with van der Waals surface area (Å²) in [5.41, 5.74) is 1.51. The number of allylic oxidation sites excluding steroid dienone is 4. The molecule has 0 aromatic rings. The topological polar surface area (TPSA) is 0 Å². The van der Waals surface area contributed by atoms with Crippen LogP contribution in [-0.4, -0.2) is 0 Å². The fourth-order valence-electron chi connectivity index (χ4n) is 0.949. The van der Waals surface area contributed by atoms with Crippen LogP contribution in [0, 0.1) is 5.92 Å². The Morgan fingerprint density at radius 1 is 1.36 bits per heavy atom. The second-order valence-electron chi connectivity index (χ2n) is 2.73. The third-order valence-corrected chi connectivity index (χ3v) is 2.11. The first-order valence-electron chi connectivity index (χ1n) is 3.32. The van der Waals surface area contributed by atoms with Gasteiger partial charge in [-0.2, -0.15) is 0 Å². The third-order valence-electron chi connectivity index (χ3n) is 1.57. The summed E-state index contributed by atoms with van der Waals surface area (Å²) < 4.78 is 1.50. The predicted octanol–water partition coefficient (Wildman–Crippen LogP) is 3.25. The molecule has 0 spiro atoms. The maximum absolute atomic E-state index is 2.32. The molecule has 63 valence electrons. The Bertz CT molecular complexity index is 171. The van der Waals surface area contributed by atoms with Gasteiger partial charge in [0.25, 0.3) is 0 Å². The van der Waals surface area contributed by atoms with Gasteiger partial charge in [-0.25, -0.2) is 0 Å². The Labute approximate surface area is 92.7 Å². The Kier molecular flexibility index (Phi) is 8.20. The summed E-state index contributed by atoms with van der Waals surface area (Å²) in [6, 6.07) is 0. The maximum Gasteiger partial charge on any atom is -0.147 e. The van der Waals surface area contributed by atoms with Gasteiger partial charge in [-0.1, -0.05) is 0 Å². The predicted molar refractivity (Wildman–Crippen MR) is 50.1 cm³/mol. The molecule has 0 atom stereocenters. The largest absolute Gasteiger partial charge is 0.147 e. The molecule has 0 saturated heterocycles. The summed E-state index contributed by atoms with van der Waals surface area (Å²) in [7, 11) is 0. The van der Waals surface area contributed by atoms with Crippen molar-refractivity contribution in [2.45, 2.75) is 20.3 Å². The molecule has 0 heterocycles. The van der Waals surface area contributed by atoms with E-state index in [4.69, 9.17) is 0 Å². The summed E-state index contributed by atoms with van der Waals surface area (Å²) in [5, 5.41) is 0. The molecule has 0 aliphatic heterocycles. The van der Waals surface area contributed by atoms with Gasteiger partial charge in [-0.05, 0) is 0 Å². The number of halogens is 2. The third kappa shape index (κ3) is 4.37. The first kappa shape index (κ1) is 14.3. The molecule has 1 rings (SSSR count). The van der Waals surface area contributed by atoms with Crippen molar-refractivity contribution in [1.82, 2.24) is 0 Å². The Morgan fingerprint density at radius 3 is 2.09 bits per heavy atom. The first-order chi connectivity index (χ1) is 4.20. The summed E-state index contributed by atoms with van der Waals surface area (Å²) in [6.07, 6.45) is 5.79. The normalized spacial score (nSPS) is 14.7. The Hall–Kier alpha value is 0.774. The van der Waals surface area contributed by atoms with Crippen molar-refractivity contribution in [3.8, 4) is 0 Å². The molecule has 11 heavy (non-hydrogen) atoms. The van der Waals surface area contributed by atoms with Gasteiger partial charge in [0.05, 0.1) is 0 Å². The molecule has 0 unspecified atom stereocenters. The van der Waals surface area contributed by atoms with Gasteiger partial charge in [0.1, 0.15) is 0 Å². The summed E-state index contributed by atoms with van der Waals surface area (Å²) in [4.78, 5) is 0. The van der Waals surface area contributed by atoms with Gasteiger partial charge in [-0.3, -0.25) is 0 Å². The van der Waals surface area contributed by atoms with Gasteiger partial charge < -0.3 is 0 Å². The van der Waals surface area contributed by atoms with Crippen molar-refractivity contribution < 1.29 is 20.4 Å². The van der Waals surface area contributed by atoms with Crippen LogP contribution in [0.1, 0.15) is 20.3 Å². The zero-order chi connectivity index (χ0) is 6.85. The van der Waals surface area contributed by atoms with E-state index in [1.54, 1.807) is 0 Å². The van der Waals surface area contributed by atoms with Crippen LogP contribution in [0.25, 0.3) is 0 Å². The SMILES string of the molecule is CC(C)C1=CC[C]([Ti])=C1.Cl.Cl. The smallest absolute Gasteiger partial charge is 0.147 e. The van der Waals surface area contributed by atoms with E-state index in [2.05, 4.69) is 46.4 Å². The van der Waals surface area contributed by atoms with Crippen LogP contribution in [0.2, 0.25) is 0 Å². The Morgan fingerprint density at radius 2 is 1.91 bits per heavy atom. The monoisotopic (exact) mass is 227 g/mol. The van der Waals surface area contributed by atoms with Crippen LogP contribution in [0.4, 0.5) is 0 Å². The molecule has 0 fully saturated rings. The van der Waals surface area contributed by atoms with Crippen LogP contribution in [0.3, 0.4) is 0 Å². The van der Waals surface area contributed by atoms with Crippen molar-refractivity contribution in [3.05, 3.63) is 21.6 Å². The second-order valence-corrected chi connectivity index (χ2v) is 3.74. The average molecular weight is 228 g/mol. The molecule has 0 bridgehead atoms. The molecule has 0 aromatic carbocycles. The number of hydrogen-bond donors (Lipinski definition) is 0. The Balaban J connectivity index is 0. The molecular formula is C8H13Cl2Ti. The van der Waals surface area contributed by atoms with Gasteiger partial charge in [0.2, 0.25) is 0 Å². The van der Waals surface area contributed by atoms with E-state index in [1.165, 1.54) is 15.9 Å². The zero-order valence-electron chi connectivity index (χ0n) is 6.76. The standard InChI is InChI=1S/C8H11.2ClH.Ti/c1-7(2)8-5-3-4-6-8;;;/h5-7H,3H2,1-2H3;2*1H;. The van der Waals surface area contributed by atoms with E-state index in [0.29, 0.717) is 5.92 Å². The van der Waals surface area contributed by atoms with Crippen molar-refractivity contribution >= 4 is 24.8 Å². The van der Waals surface area contributed by atoms with Crippen LogP contribution in [0.5, 0.6) is 0 Å². The molecule has 0 radical (unpaired) electrons. The molecule has 0 amide bonds. The van der Waals surface area contributed by atoms with E-state index in [1.807, 2.05) is 0 Å². The van der Waals surface area contributed by atoms with Gasteiger partial charge in [0, 0.05) is 0 Å². The van der Waals surface area contributed by atoms with E-state index in [0.717, 1.165) is 0 Å². The minimum Gasteiger partial charge on any atom is -0.147 e.